The Morgan fingerprint density at radius 1 is 1.04 bits per heavy atom. The summed E-state index contributed by atoms with van der Waals surface area (Å²) in [6.45, 7) is 2.81. The van der Waals surface area contributed by atoms with Gasteiger partial charge in [0.1, 0.15) is 49.3 Å². The number of aromatic nitrogens is 2. The molecule has 0 radical (unpaired) electrons. The van der Waals surface area contributed by atoms with Gasteiger partial charge >= 0.3 is 0 Å². The predicted octanol–water partition coefficient (Wildman–Crippen LogP) is -1.39. The van der Waals surface area contributed by atoms with Crippen LogP contribution in [0.25, 0.3) is 0 Å². The first-order valence-electron chi connectivity index (χ1n) is 17.0. The zero-order chi connectivity index (χ0) is 39.0. The molecule has 5 N–H and O–H groups in total. The average Bonchev–Trinajstić information content (AvgIpc) is 3.98. The van der Waals surface area contributed by atoms with Gasteiger partial charge in [0.25, 0.3) is 23.6 Å². The summed E-state index contributed by atoms with van der Waals surface area (Å²) in [5, 5.41) is 31.4. The number of fused-ring (bicyclic) bond motifs is 1. The van der Waals surface area contributed by atoms with Crippen LogP contribution in [0, 0.1) is 0 Å². The first-order valence-corrected chi connectivity index (χ1v) is 20.9. The molecule has 1 unspecified atom stereocenters. The molecule has 0 aliphatic carbocycles. The predicted molar refractivity (Wildman–Crippen MR) is 205 cm³/mol. The van der Waals surface area contributed by atoms with Gasteiger partial charge in [0.2, 0.25) is 0 Å². The molecule has 7 rings (SSSR count). The van der Waals surface area contributed by atoms with Crippen molar-refractivity contribution in [3.63, 3.8) is 0 Å². The van der Waals surface area contributed by atoms with Crippen LogP contribution in [-0.4, -0.2) is 143 Å². The quantitative estimate of drug-likeness (QED) is 0.0786. The van der Waals surface area contributed by atoms with Crippen LogP contribution in [0.3, 0.4) is 0 Å². The smallest absolute Gasteiger partial charge is 0.276 e. The Kier molecular flexibility index (Phi) is 11.1. The van der Waals surface area contributed by atoms with E-state index < -0.39 is 35.1 Å². The van der Waals surface area contributed by atoms with E-state index in [9.17, 15) is 29.1 Å². The maximum Gasteiger partial charge on any atom is 0.276 e. The number of carboxylic acid groups (broad SMARTS) is 1. The van der Waals surface area contributed by atoms with Gasteiger partial charge in [-0.05, 0) is 5.57 Å². The van der Waals surface area contributed by atoms with Crippen LogP contribution in [0.1, 0.15) is 24.2 Å². The zero-order valence-electron chi connectivity index (χ0n) is 29.9. The summed E-state index contributed by atoms with van der Waals surface area (Å²) in [5.41, 5.74) is 7.66. The summed E-state index contributed by atoms with van der Waals surface area (Å²) in [4.78, 5) is 86.9. The molecule has 5 aliphatic heterocycles. The highest BCUT2D eigenvalue weighted by Gasteiger charge is 2.54. The number of quaternary nitrogens is 1. The lowest BCUT2D eigenvalue weighted by atomic mass is 10.0. The van der Waals surface area contributed by atoms with Crippen LogP contribution in [0.15, 0.2) is 43.6 Å². The molecule has 2 aromatic heterocycles. The van der Waals surface area contributed by atoms with Crippen molar-refractivity contribution in [2.75, 3.05) is 76.1 Å². The van der Waals surface area contributed by atoms with Crippen molar-refractivity contribution in [2.45, 2.75) is 29.6 Å². The summed E-state index contributed by atoms with van der Waals surface area (Å²) in [5.74, 6) is -2.65. The molecule has 7 heterocycles. The van der Waals surface area contributed by atoms with E-state index in [4.69, 9.17) is 15.4 Å². The van der Waals surface area contributed by atoms with Crippen LogP contribution in [-0.2, 0) is 33.6 Å². The minimum Gasteiger partial charge on any atom is -0.543 e. The fourth-order valence-electron chi connectivity index (χ4n) is 7.05. The molecule has 55 heavy (non-hydrogen) atoms. The number of likely N-dealkylation sites (N-methyl/N-ethyl adjacent to an activating group) is 1. The molecule has 0 spiro atoms. The van der Waals surface area contributed by atoms with Crippen LogP contribution in [0.2, 0.25) is 0 Å². The number of carbonyl (C=O) groups excluding carboxylic acids is 5. The number of β-lactam (4-membered cyclic amide) rings is 1. The first-order chi connectivity index (χ1) is 26.4. The number of nitrogens with zero attached hydrogens (tertiary/aromatic N) is 7. The van der Waals surface area contributed by atoms with Crippen molar-refractivity contribution in [3.05, 3.63) is 44.7 Å². The average molecular weight is 832 g/mol. The Morgan fingerprint density at radius 2 is 1.73 bits per heavy atom. The number of aliphatic carboxylic acids is 1. The number of likely N-dealkylation sites (tertiary alicyclic amines) is 1. The van der Waals surface area contributed by atoms with Crippen molar-refractivity contribution in [2.24, 2.45) is 10.3 Å². The van der Waals surface area contributed by atoms with Crippen LogP contribution in [0.4, 0.5) is 10.3 Å². The Hall–Kier alpha value is -4.71. The highest BCUT2D eigenvalue weighted by molar-refractivity contribution is 8.00. The van der Waals surface area contributed by atoms with Gasteiger partial charge in [-0.15, -0.1) is 46.2 Å². The molecule has 0 aromatic carbocycles. The number of nitrogens with two attached hydrogens (primary N) is 1. The molecule has 2 saturated heterocycles. The van der Waals surface area contributed by atoms with Gasteiger partial charge in [0, 0.05) is 47.2 Å². The number of nitrogens with one attached hydrogen (secondary N) is 3. The van der Waals surface area contributed by atoms with E-state index in [0.29, 0.717) is 38.9 Å². The molecule has 23 heteroatoms. The second kappa shape index (κ2) is 15.8. The van der Waals surface area contributed by atoms with Crippen LogP contribution >= 0.6 is 46.2 Å². The third-order valence-corrected chi connectivity index (χ3v) is 13.7. The topological polar surface area (TPSA) is 246 Å². The number of amides is 4. The van der Waals surface area contributed by atoms with Gasteiger partial charge in [-0.1, -0.05) is 10.3 Å². The van der Waals surface area contributed by atoms with Crippen molar-refractivity contribution < 1.29 is 43.2 Å². The SMILES string of the molecule is CO/N=C(\C(=O)NCC1NC2=C(CS1)CN(c1nc(/C(=N/OC)C(=O)N[C@@H]3C(=O)N4C(C(=O)[O-])=C(C[N+]5(C)CCCC5)CS[C@H]34)cs1)C2=O)c1csc(N)n1. The van der Waals surface area contributed by atoms with E-state index in [1.807, 2.05) is 0 Å². The van der Waals surface area contributed by atoms with Crippen LogP contribution < -0.4 is 31.7 Å². The number of carbonyl (C=O) groups is 5. The largest absolute Gasteiger partial charge is 0.543 e. The second-order valence-corrected chi connectivity index (χ2v) is 17.4. The fourth-order valence-corrected chi connectivity index (χ4v) is 10.8. The van der Waals surface area contributed by atoms with Gasteiger partial charge in [-0.3, -0.25) is 29.0 Å². The molecular weight excluding hydrogens is 795 g/mol. The van der Waals surface area contributed by atoms with E-state index in [0.717, 1.165) is 42.8 Å². The highest BCUT2D eigenvalue weighted by Crippen LogP contribution is 2.41. The number of hydrogen-bond donors (Lipinski definition) is 4. The van der Waals surface area contributed by atoms with Gasteiger partial charge in [-0.2, -0.15) is 0 Å². The van der Waals surface area contributed by atoms with Crippen molar-refractivity contribution in [3.8, 4) is 0 Å². The second-order valence-electron chi connectivity index (χ2n) is 13.4. The standard InChI is InChI=1S/C32H37N11O8S4/c1-43(6-4-5-7-43)10-16-12-53-29-23(28(47)42(29)24(16)30(48)49)38-26(45)22(40-51-3)18-14-55-32(36-18)41-9-15-11-52-19(37-20(15)27(41)46)8-34-25(44)21(39-50-2)17-13-54-31(33)35-17/h13-14,19,23,29,37H,4-12H2,1-3H3,(H4-,33,34,35,38,44,45,48,49)/b39-21-,40-22-/t19?,23-,29-/m1/s1. The summed E-state index contributed by atoms with van der Waals surface area (Å²) < 4.78 is 0.710. The number of carboxylic acids is 1. The molecule has 2 fully saturated rings. The Bertz CT molecular complexity index is 2060. The minimum atomic E-state index is -1.41. The molecule has 4 amide bonds. The van der Waals surface area contributed by atoms with E-state index in [1.165, 1.54) is 58.9 Å². The number of hydrogen-bond acceptors (Lipinski definition) is 18. The molecular formula is C32H37N11O8S4. The Balaban J connectivity index is 0.972. The van der Waals surface area contributed by atoms with Gasteiger partial charge in [0.05, 0.1) is 43.7 Å². The van der Waals surface area contributed by atoms with E-state index in [2.05, 4.69) is 43.3 Å². The Labute approximate surface area is 331 Å². The number of anilines is 2. The van der Waals surface area contributed by atoms with Crippen molar-refractivity contribution in [1.29, 1.82) is 0 Å². The van der Waals surface area contributed by atoms with Crippen molar-refractivity contribution in [1.82, 2.24) is 30.8 Å². The molecule has 3 atom stereocenters. The van der Waals surface area contributed by atoms with Crippen LogP contribution in [0.5, 0.6) is 0 Å². The monoisotopic (exact) mass is 831 g/mol. The summed E-state index contributed by atoms with van der Waals surface area (Å²) in [6.07, 6.45) is 2.13. The molecule has 0 saturated carbocycles. The lowest BCUT2D eigenvalue weighted by molar-refractivity contribution is -0.893. The van der Waals surface area contributed by atoms with Gasteiger partial charge in [-0.25, -0.2) is 9.97 Å². The van der Waals surface area contributed by atoms with E-state index >= 15 is 0 Å². The van der Waals surface area contributed by atoms with Gasteiger partial charge < -0.3 is 45.7 Å². The number of nitrogen functional groups attached to an aromatic ring is 1. The minimum absolute atomic E-state index is 0.0302. The first kappa shape index (κ1) is 38.6. The summed E-state index contributed by atoms with van der Waals surface area (Å²) >= 11 is 5.19. The molecule has 0 bridgehead atoms. The lowest BCUT2D eigenvalue weighted by Crippen LogP contribution is -2.71. The van der Waals surface area contributed by atoms with Crippen molar-refractivity contribution >= 4 is 97.5 Å². The third kappa shape index (κ3) is 7.62. The molecule has 5 aliphatic rings. The normalized spacial score (nSPS) is 23.6. The number of rotatable bonds is 13. The number of thioether (sulfide) groups is 2. The summed E-state index contributed by atoms with van der Waals surface area (Å²) in [7, 11) is 4.67. The molecule has 19 nitrogen and oxygen atoms in total. The zero-order valence-corrected chi connectivity index (χ0v) is 33.1. The molecule has 292 valence electrons. The fraction of sp³-hybridized carbons (Fsp3) is 0.469. The summed E-state index contributed by atoms with van der Waals surface area (Å²) in [6, 6.07) is -1.01. The third-order valence-electron chi connectivity index (χ3n) is 9.64. The number of oxime groups is 2. The maximum absolute atomic E-state index is 13.6. The van der Waals surface area contributed by atoms with E-state index in [1.54, 1.807) is 10.8 Å². The maximum atomic E-state index is 13.6. The van der Waals surface area contributed by atoms with E-state index in [-0.39, 0.29) is 58.0 Å². The molecule has 2 aromatic rings. The van der Waals surface area contributed by atoms with Gasteiger partial charge in [0.15, 0.2) is 21.7 Å². The highest BCUT2D eigenvalue weighted by atomic mass is 32.2. The number of thiazole rings is 2. The lowest BCUT2D eigenvalue weighted by Gasteiger charge is -2.51. The Morgan fingerprint density at radius 3 is 2.40 bits per heavy atom.